The van der Waals surface area contributed by atoms with Gasteiger partial charge in [0.25, 0.3) is 0 Å². The third-order valence-electron chi connectivity index (χ3n) is 3.06. The number of anilines is 3. The standard InChI is InChI=1S/C15H11N3O/c16-9-11-4-3-5-12(8-11)18-10-15(19)17-13-6-1-2-7-14(13)18/h1-8H,10H2,(H,17,19). The Morgan fingerprint density at radius 2 is 2.00 bits per heavy atom. The normalized spacial score (nSPS) is 13.4. The second-order valence-corrected chi connectivity index (χ2v) is 4.31. The molecule has 1 N–H and O–H groups in total. The quantitative estimate of drug-likeness (QED) is 0.845. The van der Waals surface area contributed by atoms with Gasteiger partial charge < -0.3 is 10.2 Å². The molecular formula is C15H11N3O. The Morgan fingerprint density at radius 1 is 1.16 bits per heavy atom. The van der Waals surface area contributed by atoms with E-state index in [1.165, 1.54) is 0 Å². The Hall–Kier alpha value is -2.80. The van der Waals surface area contributed by atoms with E-state index in [9.17, 15) is 4.79 Å². The lowest BCUT2D eigenvalue weighted by Gasteiger charge is -2.30. The summed E-state index contributed by atoms with van der Waals surface area (Å²) in [5, 5.41) is 11.8. The molecule has 92 valence electrons. The number of hydrogen-bond acceptors (Lipinski definition) is 3. The Kier molecular flexibility index (Phi) is 2.66. The van der Waals surface area contributed by atoms with E-state index in [1.807, 2.05) is 41.3 Å². The van der Waals surface area contributed by atoms with Gasteiger partial charge in [0.2, 0.25) is 5.91 Å². The smallest absolute Gasteiger partial charge is 0.244 e. The van der Waals surface area contributed by atoms with Crippen LogP contribution in [0.2, 0.25) is 0 Å². The summed E-state index contributed by atoms with van der Waals surface area (Å²) < 4.78 is 0. The van der Waals surface area contributed by atoms with Gasteiger partial charge in [-0.15, -0.1) is 0 Å². The molecule has 0 aliphatic carbocycles. The first-order valence-corrected chi connectivity index (χ1v) is 5.94. The topological polar surface area (TPSA) is 56.1 Å². The molecule has 0 unspecified atom stereocenters. The van der Waals surface area contributed by atoms with E-state index in [0.717, 1.165) is 17.1 Å². The van der Waals surface area contributed by atoms with Gasteiger partial charge in [-0.25, -0.2) is 0 Å². The summed E-state index contributed by atoms with van der Waals surface area (Å²) in [5.41, 5.74) is 3.17. The fourth-order valence-electron chi connectivity index (χ4n) is 2.21. The summed E-state index contributed by atoms with van der Waals surface area (Å²) in [5.74, 6) is -0.0546. The van der Waals surface area contributed by atoms with Crippen LogP contribution in [0.15, 0.2) is 48.5 Å². The van der Waals surface area contributed by atoms with Gasteiger partial charge in [-0.05, 0) is 30.3 Å². The number of nitrogens with zero attached hydrogens (tertiary/aromatic N) is 2. The molecular weight excluding hydrogens is 238 g/mol. The van der Waals surface area contributed by atoms with E-state index in [-0.39, 0.29) is 12.5 Å². The maximum Gasteiger partial charge on any atom is 0.244 e. The molecule has 4 nitrogen and oxygen atoms in total. The van der Waals surface area contributed by atoms with Crippen LogP contribution in [0.4, 0.5) is 17.1 Å². The highest BCUT2D eigenvalue weighted by Crippen LogP contribution is 2.34. The second kappa shape index (κ2) is 4.46. The summed E-state index contributed by atoms with van der Waals surface area (Å²) in [6, 6.07) is 17.0. The predicted octanol–water partition coefficient (Wildman–Crippen LogP) is 2.65. The highest BCUT2D eigenvalue weighted by Gasteiger charge is 2.22. The van der Waals surface area contributed by atoms with Gasteiger partial charge in [-0.1, -0.05) is 18.2 Å². The molecule has 1 heterocycles. The number of carbonyl (C=O) groups excluding carboxylic acids is 1. The van der Waals surface area contributed by atoms with Crippen LogP contribution in [-0.4, -0.2) is 12.5 Å². The minimum atomic E-state index is -0.0546. The van der Waals surface area contributed by atoms with E-state index in [0.29, 0.717) is 5.56 Å². The largest absolute Gasteiger partial charge is 0.330 e. The summed E-state index contributed by atoms with van der Waals surface area (Å²) in [6.45, 7) is 0.256. The van der Waals surface area contributed by atoms with Crippen molar-refractivity contribution in [1.82, 2.24) is 0 Å². The average Bonchev–Trinajstić information content (AvgIpc) is 2.46. The van der Waals surface area contributed by atoms with Gasteiger partial charge in [0, 0.05) is 5.69 Å². The zero-order valence-electron chi connectivity index (χ0n) is 10.1. The highest BCUT2D eigenvalue weighted by molar-refractivity contribution is 6.03. The average molecular weight is 249 g/mol. The van der Waals surface area contributed by atoms with Gasteiger partial charge in [0.1, 0.15) is 6.54 Å². The lowest BCUT2D eigenvalue weighted by Crippen LogP contribution is -2.34. The molecule has 2 aromatic rings. The number of rotatable bonds is 1. The van der Waals surface area contributed by atoms with E-state index in [1.54, 1.807) is 12.1 Å². The van der Waals surface area contributed by atoms with Crippen molar-refractivity contribution in [2.45, 2.75) is 0 Å². The van der Waals surface area contributed by atoms with Crippen LogP contribution >= 0.6 is 0 Å². The van der Waals surface area contributed by atoms with Crippen LogP contribution in [0.3, 0.4) is 0 Å². The maximum atomic E-state index is 11.7. The van der Waals surface area contributed by atoms with Gasteiger partial charge in [0.15, 0.2) is 0 Å². The lowest BCUT2D eigenvalue weighted by molar-refractivity contribution is -0.115. The van der Waals surface area contributed by atoms with Crippen LogP contribution in [-0.2, 0) is 4.79 Å². The van der Waals surface area contributed by atoms with Crippen LogP contribution in [0.1, 0.15) is 5.56 Å². The van der Waals surface area contributed by atoms with Crippen molar-refractivity contribution in [3.05, 3.63) is 54.1 Å². The lowest BCUT2D eigenvalue weighted by atomic mass is 10.1. The first-order chi connectivity index (χ1) is 9.28. The van der Waals surface area contributed by atoms with E-state index >= 15 is 0 Å². The maximum absolute atomic E-state index is 11.7. The fraction of sp³-hybridized carbons (Fsp3) is 0.0667. The van der Waals surface area contributed by atoms with Crippen molar-refractivity contribution in [1.29, 1.82) is 5.26 Å². The number of amides is 1. The van der Waals surface area contributed by atoms with Crippen molar-refractivity contribution in [2.75, 3.05) is 16.8 Å². The molecule has 0 fully saturated rings. The molecule has 19 heavy (non-hydrogen) atoms. The van der Waals surface area contributed by atoms with Crippen LogP contribution in [0.5, 0.6) is 0 Å². The molecule has 0 saturated carbocycles. The zero-order chi connectivity index (χ0) is 13.2. The number of nitriles is 1. The second-order valence-electron chi connectivity index (χ2n) is 4.31. The predicted molar refractivity (Wildman–Crippen MR) is 73.2 cm³/mol. The number of nitrogens with one attached hydrogen (secondary N) is 1. The Morgan fingerprint density at radius 3 is 2.84 bits per heavy atom. The van der Waals surface area contributed by atoms with Crippen molar-refractivity contribution >= 4 is 23.0 Å². The summed E-state index contributed by atoms with van der Waals surface area (Å²) in [7, 11) is 0. The number of para-hydroxylation sites is 2. The minimum absolute atomic E-state index is 0.0546. The molecule has 0 aromatic heterocycles. The Balaban J connectivity index is 2.10. The van der Waals surface area contributed by atoms with Gasteiger partial charge in [-0.3, -0.25) is 4.79 Å². The van der Waals surface area contributed by atoms with Crippen LogP contribution in [0.25, 0.3) is 0 Å². The Labute approximate surface area is 110 Å². The third-order valence-corrected chi connectivity index (χ3v) is 3.06. The molecule has 3 rings (SSSR count). The zero-order valence-corrected chi connectivity index (χ0v) is 10.1. The fourth-order valence-corrected chi connectivity index (χ4v) is 2.21. The molecule has 0 bridgehead atoms. The van der Waals surface area contributed by atoms with Crippen molar-refractivity contribution in [3.63, 3.8) is 0 Å². The molecule has 0 saturated heterocycles. The first-order valence-electron chi connectivity index (χ1n) is 5.94. The number of hydrogen-bond donors (Lipinski definition) is 1. The number of benzene rings is 2. The van der Waals surface area contributed by atoms with Crippen LogP contribution in [0, 0.1) is 11.3 Å². The molecule has 0 atom stereocenters. The minimum Gasteiger partial charge on any atom is -0.330 e. The van der Waals surface area contributed by atoms with E-state index in [2.05, 4.69) is 11.4 Å². The first kappa shape index (κ1) is 11.3. The SMILES string of the molecule is N#Cc1cccc(N2CC(=O)Nc3ccccc32)c1. The molecule has 0 spiro atoms. The molecule has 4 heteroatoms. The monoisotopic (exact) mass is 249 g/mol. The molecule has 1 aliphatic heterocycles. The number of fused-ring (bicyclic) bond motifs is 1. The van der Waals surface area contributed by atoms with Crippen molar-refractivity contribution < 1.29 is 4.79 Å². The van der Waals surface area contributed by atoms with Gasteiger partial charge in [-0.2, -0.15) is 5.26 Å². The van der Waals surface area contributed by atoms with E-state index in [4.69, 9.17) is 5.26 Å². The molecule has 1 amide bonds. The van der Waals surface area contributed by atoms with Crippen molar-refractivity contribution in [3.8, 4) is 6.07 Å². The highest BCUT2D eigenvalue weighted by atomic mass is 16.2. The third kappa shape index (κ3) is 2.02. The van der Waals surface area contributed by atoms with Gasteiger partial charge in [0.05, 0.1) is 23.0 Å². The Bertz CT molecular complexity index is 688. The summed E-state index contributed by atoms with van der Waals surface area (Å²) in [4.78, 5) is 13.7. The number of carbonyl (C=O) groups is 1. The van der Waals surface area contributed by atoms with Crippen molar-refractivity contribution in [2.24, 2.45) is 0 Å². The van der Waals surface area contributed by atoms with Crippen LogP contribution < -0.4 is 10.2 Å². The van der Waals surface area contributed by atoms with Gasteiger partial charge >= 0.3 is 0 Å². The summed E-state index contributed by atoms with van der Waals surface area (Å²) in [6.07, 6.45) is 0. The molecule has 2 aromatic carbocycles. The molecule has 1 aliphatic rings. The summed E-state index contributed by atoms with van der Waals surface area (Å²) >= 11 is 0. The van der Waals surface area contributed by atoms with E-state index < -0.39 is 0 Å². The molecule has 0 radical (unpaired) electrons.